The fourth-order valence-electron chi connectivity index (χ4n) is 1.81. The summed E-state index contributed by atoms with van der Waals surface area (Å²) in [6, 6.07) is 4.90. The Hall–Kier alpha value is -2.28. The summed E-state index contributed by atoms with van der Waals surface area (Å²) in [5, 5.41) is 9.58. The van der Waals surface area contributed by atoms with Crippen molar-refractivity contribution in [3.63, 3.8) is 0 Å². The minimum absolute atomic E-state index is 0.344. The molecule has 0 saturated carbocycles. The molecule has 1 unspecified atom stereocenters. The average Bonchev–Trinajstić information content (AvgIpc) is 2.87. The molecule has 116 valence electrons. The van der Waals surface area contributed by atoms with Gasteiger partial charge in [-0.15, -0.1) is 11.3 Å². The maximum atomic E-state index is 13.0. The molecule has 1 atom stereocenters. The van der Waals surface area contributed by atoms with Crippen molar-refractivity contribution in [2.45, 2.75) is 19.9 Å². The van der Waals surface area contributed by atoms with Crippen LogP contribution in [0.3, 0.4) is 0 Å². The molecule has 1 aromatic carbocycles. The number of nitrogens with zero attached hydrogens (tertiary/aromatic N) is 2. The zero-order valence-corrected chi connectivity index (χ0v) is 13.1. The Labute approximate surface area is 131 Å². The first-order valence-corrected chi connectivity index (χ1v) is 7.36. The van der Waals surface area contributed by atoms with E-state index in [1.807, 2.05) is 0 Å². The van der Waals surface area contributed by atoms with E-state index in [1.54, 1.807) is 19.1 Å². The van der Waals surface area contributed by atoms with E-state index in [2.05, 4.69) is 4.98 Å². The molecule has 0 saturated heterocycles. The van der Waals surface area contributed by atoms with E-state index in [1.165, 1.54) is 37.4 Å². The van der Waals surface area contributed by atoms with Crippen LogP contribution in [0.1, 0.15) is 22.3 Å². The molecule has 0 spiro atoms. The molecule has 1 N–H and O–H groups in total. The van der Waals surface area contributed by atoms with Crippen LogP contribution < -0.4 is 0 Å². The van der Waals surface area contributed by atoms with Gasteiger partial charge in [-0.2, -0.15) is 0 Å². The predicted molar refractivity (Wildman–Crippen MR) is 81.4 cm³/mol. The first-order valence-electron chi connectivity index (χ1n) is 6.54. The maximum Gasteiger partial charge on any atom is 0.326 e. The minimum atomic E-state index is -1.07. The minimum Gasteiger partial charge on any atom is -0.480 e. The number of thiazole rings is 1. The number of likely N-dealkylation sites (N-methyl/N-ethyl adjacent to an activating group) is 1. The van der Waals surface area contributed by atoms with Crippen LogP contribution in [0.5, 0.6) is 0 Å². The van der Waals surface area contributed by atoms with Crippen molar-refractivity contribution >= 4 is 23.2 Å². The van der Waals surface area contributed by atoms with Gasteiger partial charge in [0, 0.05) is 12.6 Å². The molecule has 22 heavy (non-hydrogen) atoms. The van der Waals surface area contributed by atoms with Crippen LogP contribution in [0.15, 0.2) is 24.3 Å². The van der Waals surface area contributed by atoms with Crippen LogP contribution >= 0.6 is 11.3 Å². The van der Waals surface area contributed by atoms with Gasteiger partial charge in [-0.05, 0) is 38.1 Å². The number of aryl methyl sites for hydroxylation is 1. The molecule has 1 heterocycles. The second-order valence-corrected chi connectivity index (χ2v) is 5.87. The molecule has 5 nitrogen and oxygen atoms in total. The number of carbonyl (C=O) groups is 2. The number of hydrogen-bond acceptors (Lipinski definition) is 4. The Morgan fingerprint density at radius 3 is 2.45 bits per heavy atom. The van der Waals surface area contributed by atoms with E-state index in [4.69, 9.17) is 5.11 Å². The van der Waals surface area contributed by atoms with Gasteiger partial charge in [0.1, 0.15) is 21.7 Å². The number of carboxylic acids is 1. The van der Waals surface area contributed by atoms with Crippen LogP contribution in [0.4, 0.5) is 4.39 Å². The van der Waals surface area contributed by atoms with Gasteiger partial charge in [-0.3, -0.25) is 4.79 Å². The van der Waals surface area contributed by atoms with E-state index >= 15 is 0 Å². The van der Waals surface area contributed by atoms with Gasteiger partial charge in [0.15, 0.2) is 0 Å². The first-order chi connectivity index (χ1) is 10.3. The Bertz CT molecular complexity index is 712. The highest BCUT2D eigenvalue weighted by Crippen LogP contribution is 2.29. The van der Waals surface area contributed by atoms with E-state index in [9.17, 15) is 14.0 Å². The summed E-state index contributed by atoms with van der Waals surface area (Å²) in [5.74, 6) is -1.81. The quantitative estimate of drug-likeness (QED) is 0.939. The second-order valence-electron chi connectivity index (χ2n) is 4.87. The Kier molecular flexibility index (Phi) is 4.56. The number of amides is 1. The molecule has 2 aromatic rings. The van der Waals surface area contributed by atoms with Gasteiger partial charge in [-0.25, -0.2) is 14.2 Å². The summed E-state index contributed by atoms with van der Waals surface area (Å²) in [7, 11) is 1.44. The lowest BCUT2D eigenvalue weighted by Crippen LogP contribution is -2.40. The maximum absolute atomic E-state index is 13.0. The Morgan fingerprint density at radius 2 is 1.91 bits per heavy atom. The largest absolute Gasteiger partial charge is 0.480 e. The normalized spacial score (nSPS) is 12.0. The van der Waals surface area contributed by atoms with E-state index in [0.29, 0.717) is 21.1 Å². The Morgan fingerprint density at radius 1 is 1.32 bits per heavy atom. The van der Waals surface area contributed by atoms with Crippen LogP contribution in [-0.4, -0.2) is 40.0 Å². The van der Waals surface area contributed by atoms with Gasteiger partial charge < -0.3 is 10.0 Å². The number of aliphatic carboxylic acids is 1. The van der Waals surface area contributed by atoms with E-state index < -0.39 is 17.9 Å². The number of rotatable bonds is 4. The lowest BCUT2D eigenvalue weighted by atomic mass is 10.2. The van der Waals surface area contributed by atoms with Crippen molar-refractivity contribution in [1.29, 1.82) is 0 Å². The highest BCUT2D eigenvalue weighted by atomic mass is 32.1. The van der Waals surface area contributed by atoms with Gasteiger partial charge in [-0.1, -0.05) is 0 Å². The van der Waals surface area contributed by atoms with Gasteiger partial charge in [0.25, 0.3) is 5.91 Å². The second kappa shape index (κ2) is 6.23. The molecule has 1 aromatic heterocycles. The molecule has 2 rings (SSSR count). The van der Waals surface area contributed by atoms with Gasteiger partial charge in [0.2, 0.25) is 0 Å². The fourth-order valence-corrected chi connectivity index (χ4v) is 2.87. The zero-order valence-electron chi connectivity index (χ0n) is 12.3. The zero-order chi connectivity index (χ0) is 16.4. The highest BCUT2D eigenvalue weighted by molar-refractivity contribution is 7.17. The monoisotopic (exact) mass is 322 g/mol. The van der Waals surface area contributed by atoms with Crippen LogP contribution in [0.2, 0.25) is 0 Å². The summed E-state index contributed by atoms with van der Waals surface area (Å²) in [6.45, 7) is 3.13. The molecule has 0 aliphatic rings. The molecule has 0 fully saturated rings. The summed E-state index contributed by atoms with van der Waals surface area (Å²) in [5.41, 5.74) is 1.24. The predicted octanol–water partition coefficient (Wildman–Crippen LogP) is 2.80. The third-order valence-electron chi connectivity index (χ3n) is 3.34. The van der Waals surface area contributed by atoms with E-state index in [-0.39, 0.29) is 5.82 Å². The van der Waals surface area contributed by atoms with Crippen molar-refractivity contribution < 1.29 is 19.1 Å². The highest BCUT2D eigenvalue weighted by Gasteiger charge is 2.26. The number of hydrogen-bond donors (Lipinski definition) is 1. The van der Waals surface area contributed by atoms with E-state index in [0.717, 1.165) is 4.90 Å². The molecule has 0 radical (unpaired) electrons. The SMILES string of the molecule is Cc1nc(-c2ccc(F)cc2)sc1C(=O)N(C)C(C)C(=O)O. The van der Waals surface area contributed by atoms with Crippen molar-refractivity contribution in [1.82, 2.24) is 9.88 Å². The molecule has 0 aliphatic carbocycles. The number of carboxylic acid groups (broad SMARTS) is 1. The third kappa shape index (κ3) is 3.14. The summed E-state index contributed by atoms with van der Waals surface area (Å²) < 4.78 is 13.0. The smallest absolute Gasteiger partial charge is 0.326 e. The fraction of sp³-hybridized carbons (Fsp3) is 0.267. The number of aromatic nitrogens is 1. The third-order valence-corrected chi connectivity index (χ3v) is 4.54. The molecule has 1 amide bonds. The number of benzene rings is 1. The number of halogens is 1. The van der Waals surface area contributed by atoms with Gasteiger partial charge in [0.05, 0.1) is 5.69 Å². The summed E-state index contributed by atoms with van der Waals surface area (Å²) in [6.07, 6.45) is 0. The summed E-state index contributed by atoms with van der Waals surface area (Å²) >= 11 is 1.17. The van der Waals surface area contributed by atoms with Crippen LogP contribution in [0, 0.1) is 12.7 Å². The topological polar surface area (TPSA) is 70.5 Å². The van der Waals surface area contributed by atoms with Crippen molar-refractivity contribution in [3.8, 4) is 10.6 Å². The van der Waals surface area contributed by atoms with Crippen molar-refractivity contribution in [2.24, 2.45) is 0 Å². The van der Waals surface area contributed by atoms with Gasteiger partial charge >= 0.3 is 5.97 Å². The molecule has 0 aliphatic heterocycles. The molecule has 7 heteroatoms. The lowest BCUT2D eigenvalue weighted by Gasteiger charge is -2.20. The van der Waals surface area contributed by atoms with Crippen molar-refractivity contribution in [3.05, 3.63) is 40.7 Å². The standard InChI is InChI=1S/C15H15FN2O3S/c1-8-12(14(19)18(3)9(2)15(20)21)22-13(17-8)10-4-6-11(16)7-5-10/h4-7,9H,1-3H3,(H,20,21). The van der Waals surface area contributed by atoms with Crippen LogP contribution in [-0.2, 0) is 4.79 Å². The van der Waals surface area contributed by atoms with Crippen molar-refractivity contribution in [2.75, 3.05) is 7.05 Å². The molecule has 0 bridgehead atoms. The van der Waals surface area contributed by atoms with Crippen LogP contribution in [0.25, 0.3) is 10.6 Å². The lowest BCUT2D eigenvalue weighted by molar-refractivity contribution is -0.141. The summed E-state index contributed by atoms with van der Waals surface area (Å²) in [4.78, 5) is 29.2. The molecular formula is C15H15FN2O3S. The Balaban J connectivity index is 2.32. The first kappa shape index (κ1) is 16.1. The average molecular weight is 322 g/mol. The molecular weight excluding hydrogens is 307 g/mol. The number of carbonyl (C=O) groups excluding carboxylic acids is 1.